The number of aromatic nitrogens is 3. The van der Waals surface area contributed by atoms with E-state index >= 15 is 0 Å². The number of carbonyl (C=O) groups is 1. The van der Waals surface area contributed by atoms with Gasteiger partial charge < -0.3 is 20.5 Å². The summed E-state index contributed by atoms with van der Waals surface area (Å²) in [6, 6.07) is 10.4. The van der Waals surface area contributed by atoms with Crippen LogP contribution in [0, 0.1) is 0 Å². The summed E-state index contributed by atoms with van der Waals surface area (Å²) in [4.78, 5) is 26.7. The number of amides is 2. The molecule has 5 rings (SSSR count). The Morgan fingerprint density at radius 3 is 3.09 bits per heavy atom. The molecule has 4 heterocycles. The van der Waals surface area contributed by atoms with E-state index in [9.17, 15) is 4.79 Å². The number of allylic oxidation sites excluding steroid dienone is 1. The maximum atomic E-state index is 12.4. The lowest BCUT2D eigenvalue weighted by Gasteiger charge is -2.19. The van der Waals surface area contributed by atoms with E-state index in [4.69, 9.17) is 0 Å². The first-order chi connectivity index (χ1) is 16.2. The van der Waals surface area contributed by atoms with Gasteiger partial charge in [0, 0.05) is 42.6 Å². The van der Waals surface area contributed by atoms with Gasteiger partial charge in [0.05, 0.1) is 21.4 Å². The molecule has 1 aliphatic heterocycles. The van der Waals surface area contributed by atoms with Crippen molar-refractivity contribution in [2.24, 2.45) is 0 Å². The Kier molecular flexibility index (Phi) is 6.26. The number of pyridine rings is 1. The Morgan fingerprint density at radius 2 is 2.18 bits per heavy atom. The summed E-state index contributed by atoms with van der Waals surface area (Å²) in [6.45, 7) is 4.25. The van der Waals surface area contributed by atoms with Gasteiger partial charge in [-0.3, -0.25) is 0 Å². The molecule has 0 saturated carbocycles. The lowest BCUT2D eigenvalue weighted by atomic mass is 10.1. The van der Waals surface area contributed by atoms with Crippen molar-refractivity contribution >= 4 is 55.6 Å². The van der Waals surface area contributed by atoms with Gasteiger partial charge in [-0.2, -0.15) is 0 Å². The molecule has 0 spiro atoms. The molecule has 8 heteroatoms. The van der Waals surface area contributed by atoms with Gasteiger partial charge in [-0.05, 0) is 55.2 Å². The van der Waals surface area contributed by atoms with Crippen LogP contribution in [-0.4, -0.2) is 45.5 Å². The number of anilines is 2. The van der Waals surface area contributed by atoms with Crippen LogP contribution in [0.25, 0.3) is 26.8 Å². The number of thiazole rings is 1. The highest BCUT2D eigenvalue weighted by molar-refractivity contribution is 7.16. The van der Waals surface area contributed by atoms with E-state index in [1.807, 2.05) is 28.7 Å². The van der Waals surface area contributed by atoms with Crippen LogP contribution in [0.5, 0.6) is 0 Å². The van der Waals surface area contributed by atoms with Crippen molar-refractivity contribution in [2.75, 3.05) is 25.0 Å². The van der Waals surface area contributed by atoms with Gasteiger partial charge in [0.2, 0.25) is 0 Å². The zero-order valence-corrected chi connectivity index (χ0v) is 19.5. The summed E-state index contributed by atoms with van der Waals surface area (Å²) < 4.78 is 1.16. The van der Waals surface area contributed by atoms with Crippen LogP contribution in [0.15, 0.2) is 48.1 Å². The molecule has 3 N–H and O–H groups in total. The molecule has 0 bridgehead atoms. The molecule has 7 nitrogen and oxygen atoms in total. The zero-order valence-electron chi connectivity index (χ0n) is 18.7. The third-order valence-electron chi connectivity index (χ3n) is 6.01. The molecule has 1 aromatic carbocycles. The van der Waals surface area contributed by atoms with Gasteiger partial charge in [-0.25, -0.2) is 14.8 Å². The van der Waals surface area contributed by atoms with Crippen LogP contribution in [-0.2, 0) is 0 Å². The van der Waals surface area contributed by atoms with Crippen LogP contribution in [0.4, 0.5) is 16.2 Å². The number of unbranched alkanes of at least 4 members (excludes halogenated alkanes) is 1. The lowest BCUT2D eigenvalue weighted by molar-refractivity contribution is 0.203. The number of aromatic amines is 1. The second kappa shape index (κ2) is 9.62. The summed E-state index contributed by atoms with van der Waals surface area (Å²) >= 11 is 1.64. The standard InChI is InChI=1S/C25H28N6OS/c1-2-3-10-27-25(32)31-12-4-5-17(9-13-31)22-15-19-20(8-11-26-24(19)30-22)29-18-6-7-21-23(14-18)33-16-28-21/h6-9,11,14-16H,2-5,10,12-13H2,1H3,(H,27,32)(H2,26,29,30). The maximum Gasteiger partial charge on any atom is 0.317 e. The van der Waals surface area contributed by atoms with Crippen molar-refractivity contribution in [1.29, 1.82) is 0 Å². The Morgan fingerprint density at radius 1 is 1.24 bits per heavy atom. The number of carbonyl (C=O) groups excluding carboxylic acids is 1. The highest BCUT2D eigenvalue weighted by Crippen LogP contribution is 2.31. The van der Waals surface area contributed by atoms with Crippen molar-refractivity contribution in [1.82, 2.24) is 25.2 Å². The Labute approximate surface area is 196 Å². The molecule has 33 heavy (non-hydrogen) atoms. The van der Waals surface area contributed by atoms with Crippen LogP contribution in [0.1, 0.15) is 38.3 Å². The highest BCUT2D eigenvalue weighted by atomic mass is 32.1. The first-order valence-electron chi connectivity index (χ1n) is 11.5. The molecule has 0 radical (unpaired) electrons. The van der Waals surface area contributed by atoms with E-state index in [1.54, 1.807) is 11.3 Å². The second-order valence-corrected chi connectivity index (χ2v) is 9.21. The molecular weight excluding hydrogens is 432 g/mol. The molecule has 0 saturated heterocycles. The zero-order chi connectivity index (χ0) is 22.6. The molecule has 0 aliphatic carbocycles. The molecule has 170 valence electrons. The molecule has 0 fully saturated rings. The van der Waals surface area contributed by atoms with Crippen LogP contribution in [0.2, 0.25) is 0 Å². The number of nitrogens with one attached hydrogen (secondary N) is 3. The third-order valence-corrected chi connectivity index (χ3v) is 6.81. The largest absolute Gasteiger partial charge is 0.355 e. The van der Waals surface area contributed by atoms with E-state index in [0.717, 1.165) is 77.1 Å². The minimum Gasteiger partial charge on any atom is -0.355 e. The Bertz CT molecular complexity index is 1310. The predicted molar refractivity (Wildman–Crippen MR) is 136 cm³/mol. The fraction of sp³-hybridized carbons (Fsp3) is 0.320. The maximum absolute atomic E-state index is 12.4. The average Bonchev–Trinajstić information content (AvgIpc) is 3.40. The minimum absolute atomic E-state index is 0.0312. The lowest BCUT2D eigenvalue weighted by Crippen LogP contribution is -2.40. The van der Waals surface area contributed by atoms with Gasteiger partial charge >= 0.3 is 6.03 Å². The molecular formula is C25H28N6OS. The van der Waals surface area contributed by atoms with E-state index in [2.05, 4.69) is 56.8 Å². The van der Waals surface area contributed by atoms with Crippen LogP contribution in [0.3, 0.4) is 0 Å². The highest BCUT2D eigenvalue weighted by Gasteiger charge is 2.17. The summed E-state index contributed by atoms with van der Waals surface area (Å²) in [6.07, 6.45) is 7.95. The Hall–Kier alpha value is -3.39. The van der Waals surface area contributed by atoms with Gasteiger partial charge in [-0.1, -0.05) is 19.4 Å². The van der Waals surface area contributed by atoms with Crippen LogP contribution < -0.4 is 10.6 Å². The number of H-pyrrole nitrogens is 1. The molecule has 3 aromatic heterocycles. The smallest absolute Gasteiger partial charge is 0.317 e. The van der Waals surface area contributed by atoms with E-state index in [-0.39, 0.29) is 6.03 Å². The number of hydrogen-bond donors (Lipinski definition) is 3. The molecule has 4 aromatic rings. The number of urea groups is 1. The number of fused-ring (bicyclic) bond motifs is 2. The molecule has 1 aliphatic rings. The van der Waals surface area contributed by atoms with Gasteiger partial charge in [0.1, 0.15) is 5.65 Å². The summed E-state index contributed by atoms with van der Waals surface area (Å²) in [5.74, 6) is 0. The fourth-order valence-corrected chi connectivity index (χ4v) is 4.90. The van der Waals surface area contributed by atoms with E-state index in [0.29, 0.717) is 6.54 Å². The molecule has 0 atom stereocenters. The number of nitrogens with zero attached hydrogens (tertiary/aromatic N) is 3. The quantitative estimate of drug-likeness (QED) is 0.313. The fourth-order valence-electron chi connectivity index (χ4n) is 4.18. The summed E-state index contributed by atoms with van der Waals surface area (Å²) in [5.41, 5.74) is 8.08. The SMILES string of the molecule is CCCCNC(=O)N1CC=C(c2cc3c(Nc4ccc5ncsc5c4)ccnc3[nH]2)CCC1. The normalized spacial score (nSPS) is 14.3. The monoisotopic (exact) mass is 460 g/mol. The number of rotatable bonds is 6. The number of benzene rings is 1. The van der Waals surface area contributed by atoms with Gasteiger partial charge in [0.25, 0.3) is 0 Å². The second-order valence-electron chi connectivity index (χ2n) is 8.33. The Balaban J connectivity index is 1.35. The minimum atomic E-state index is 0.0312. The van der Waals surface area contributed by atoms with Gasteiger partial charge in [-0.15, -0.1) is 11.3 Å². The van der Waals surface area contributed by atoms with Crippen molar-refractivity contribution < 1.29 is 4.79 Å². The van der Waals surface area contributed by atoms with Crippen molar-refractivity contribution in [2.45, 2.75) is 32.6 Å². The third kappa shape index (κ3) is 4.71. The van der Waals surface area contributed by atoms with Crippen molar-refractivity contribution in [3.8, 4) is 0 Å². The van der Waals surface area contributed by atoms with Crippen molar-refractivity contribution in [3.05, 3.63) is 53.8 Å². The molecule has 0 unspecified atom stereocenters. The first-order valence-corrected chi connectivity index (χ1v) is 12.4. The average molecular weight is 461 g/mol. The topological polar surface area (TPSA) is 85.9 Å². The number of hydrogen-bond acceptors (Lipinski definition) is 5. The van der Waals surface area contributed by atoms with E-state index in [1.165, 1.54) is 5.57 Å². The van der Waals surface area contributed by atoms with Crippen LogP contribution >= 0.6 is 11.3 Å². The summed E-state index contributed by atoms with van der Waals surface area (Å²) in [5, 5.41) is 7.62. The first kappa shape index (κ1) is 21.5. The van der Waals surface area contributed by atoms with Gasteiger partial charge in [0.15, 0.2) is 0 Å². The van der Waals surface area contributed by atoms with Crippen molar-refractivity contribution in [3.63, 3.8) is 0 Å². The summed E-state index contributed by atoms with van der Waals surface area (Å²) in [7, 11) is 0. The molecule has 2 amide bonds. The predicted octanol–water partition coefficient (Wildman–Crippen LogP) is 5.91. The van der Waals surface area contributed by atoms with E-state index < -0.39 is 0 Å².